The molecule has 1 aliphatic rings. The minimum Gasteiger partial charge on any atom is -0.480 e. The van der Waals surface area contributed by atoms with Crippen LogP contribution in [0.25, 0.3) is 0 Å². The fraction of sp³-hybridized carbons (Fsp3) is 0.500. The fourth-order valence-corrected chi connectivity index (χ4v) is 4.49. The maximum Gasteiger partial charge on any atom is 0.326 e. The van der Waals surface area contributed by atoms with Gasteiger partial charge in [0.05, 0.1) is 0 Å². The zero-order valence-electron chi connectivity index (χ0n) is 12.2. The molecule has 1 unspecified atom stereocenters. The molecule has 1 aromatic carbocycles. The Bertz CT molecular complexity index is 626. The highest BCUT2D eigenvalue weighted by molar-refractivity contribution is 7.86. The van der Waals surface area contributed by atoms with Crippen LogP contribution in [0.15, 0.2) is 24.3 Å². The summed E-state index contributed by atoms with van der Waals surface area (Å²) in [5, 5.41) is 9.52. The highest BCUT2D eigenvalue weighted by Crippen LogP contribution is 2.32. The molecule has 116 valence electrons. The van der Waals surface area contributed by atoms with Gasteiger partial charge in [-0.2, -0.15) is 17.0 Å². The molecule has 0 bridgehead atoms. The average Bonchev–Trinajstić information content (AvgIpc) is 2.46. The van der Waals surface area contributed by atoms with Gasteiger partial charge in [0.1, 0.15) is 6.04 Å². The standard InChI is InChI=1S/C14H20N2O4S/c1-3-15(4-2)21(19,20)16-10-9-11-7-5-6-8-12(11)13(16)14(17)18/h5-8,13H,3-4,9-10H2,1-2H3,(H,17,18). The Morgan fingerprint density at radius 3 is 2.52 bits per heavy atom. The third-order valence-electron chi connectivity index (χ3n) is 3.80. The van der Waals surface area contributed by atoms with Crippen LogP contribution in [0.2, 0.25) is 0 Å². The lowest BCUT2D eigenvalue weighted by Gasteiger charge is -2.36. The van der Waals surface area contributed by atoms with E-state index in [2.05, 4.69) is 0 Å². The van der Waals surface area contributed by atoms with Crippen LogP contribution in [-0.2, 0) is 21.4 Å². The number of nitrogens with zero attached hydrogens (tertiary/aromatic N) is 2. The first kappa shape index (κ1) is 15.9. The summed E-state index contributed by atoms with van der Waals surface area (Å²) in [6.45, 7) is 4.32. The summed E-state index contributed by atoms with van der Waals surface area (Å²) < 4.78 is 27.7. The fourth-order valence-electron chi connectivity index (χ4n) is 2.75. The molecule has 0 fully saturated rings. The van der Waals surface area contributed by atoms with Crippen molar-refractivity contribution in [3.8, 4) is 0 Å². The van der Waals surface area contributed by atoms with Crippen LogP contribution < -0.4 is 0 Å². The molecule has 1 aromatic rings. The van der Waals surface area contributed by atoms with Crippen LogP contribution in [0, 0.1) is 0 Å². The molecule has 7 heteroatoms. The van der Waals surface area contributed by atoms with Gasteiger partial charge in [0, 0.05) is 19.6 Å². The topological polar surface area (TPSA) is 77.9 Å². The van der Waals surface area contributed by atoms with Gasteiger partial charge < -0.3 is 5.11 Å². The number of aliphatic carboxylic acids is 1. The van der Waals surface area contributed by atoms with Gasteiger partial charge >= 0.3 is 5.97 Å². The highest BCUT2D eigenvalue weighted by atomic mass is 32.2. The number of carboxylic acids is 1. The largest absolute Gasteiger partial charge is 0.480 e. The molecule has 0 radical (unpaired) electrons. The maximum absolute atomic E-state index is 12.7. The molecule has 6 nitrogen and oxygen atoms in total. The average molecular weight is 312 g/mol. The maximum atomic E-state index is 12.7. The Labute approximate surface area is 125 Å². The van der Waals surface area contributed by atoms with Crippen molar-refractivity contribution >= 4 is 16.2 Å². The number of fused-ring (bicyclic) bond motifs is 1. The van der Waals surface area contributed by atoms with E-state index in [0.717, 1.165) is 9.87 Å². The van der Waals surface area contributed by atoms with Gasteiger partial charge in [0.2, 0.25) is 0 Å². The lowest BCUT2D eigenvalue weighted by atomic mass is 9.94. The van der Waals surface area contributed by atoms with E-state index in [1.165, 1.54) is 4.31 Å². The van der Waals surface area contributed by atoms with E-state index < -0.39 is 22.2 Å². The minimum absolute atomic E-state index is 0.187. The van der Waals surface area contributed by atoms with Gasteiger partial charge in [-0.05, 0) is 17.5 Å². The van der Waals surface area contributed by atoms with Crippen molar-refractivity contribution in [2.24, 2.45) is 0 Å². The lowest BCUT2D eigenvalue weighted by molar-refractivity contribution is -0.142. The van der Waals surface area contributed by atoms with Gasteiger partial charge in [-0.25, -0.2) is 0 Å². The van der Waals surface area contributed by atoms with Crippen LogP contribution in [0.5, 0.6) is 0 Å². The third kappa shape index (κ3) is 2.81. The van der Waals surface area contributed by atoms with Crippen LogP contribution in [0.3, 0.4) is 0 Å². The highest BCUT2D eigenvalue weighted by Gasteiger charge is 2.41. The molecule has 1 heterocycles. The second-order valence-corrected chi connectivity index (χ2v) is 6.77. The molecule has 0 aromatic heterocycles. The Balaban J connectivity index is 2.48. The van der Waals surface area contributed by atoms with Crippen molar-refractivity contribution in [2.45, 2.75) is 26.3 Å². The summed E-state index contributed by atoms with van der Waals surface area (Å²) >= 11 is 0. The SMILES string of the molecule is CCN(CC)S(=O)(=O)N1CCc2ccccc2C1C(=O)O. The Kier molecular flexibility index (Phi) is 4.65. The molecule has 1 atom stereocenters. The van der Waals surface area contributed by atoms with Crippen molar-refractivity contribution in [2.75, 3.05) is 19.6 Å². The molecule has 2 rings (SSSR count). The Morgan fingerprint density at radius 1 is 1.33 bits per heavy atom. The monoisotopic (exact) mass is 312 g/mol. The second kappa shape index (κ2) is 6.13. The van der Waals surface area contributed by atoms with Crippen molar-refractivity contribution in [1.29, 1.82) is 0 Å². The van der Waals surface area contributed by atoms with E-state index in [1.807, 2.05) is 12.1 Å². The summed E-state index contributed by atoms with van der Waals surface area (Å²) in [4.78, 5) is 11.6. The predicted molar refractivity (Wildman–Crippen MR) is 79.1 cm³/mol. The van der Waals surface area contributed by atoms with E-state index in [1.54, 1.807) is 26.0 Å². The van der Waals surface area contributed by atoms with Crippen LogP contribution in [0.4, 0.5) is 0 Å². The molecule has 0 saturated carbocycles. The summed E-state index contributed by atoms with van der Waals surface area (Å²) in [6.07, 6.45) is 0.528. The molecule has 21 heavy (non-hydrogen) atoms. The first-order valence-corrected chi connectivity index (χ1v) is 8.40. The summed E-state index contributed by atoms with van der Waals surface area (Å²) in [5.74, 6) is -1.14. The normalized spacial score (nSPS) is 19.5. The number of hydrogen-bond donors (Lipinski definition) is 1. The van der Waals surface area contributed by atoms with Crippen LogP contribution >= 0.6 is 0 Å². The van der Waals surface area contributed by atoms with E-state index >= 15 is 0 Å². The van der Waals surface area contributed by atoms with Crippen LogP contribution in [0.1, 0.15) is 31.0 Å². The van der Waals surface area contributed by atoms with Crippen molar-refractivity contribution in [3.05, 3.63) is 35.4 Å². The number of carbonyl (C=O) groups is 1. The molecule has 0 aliphatic carbocycles. The van der Waals surface area contributed by atoms with Gasteiger partial charge in [-0.15, -0.1) is 0 Å². The zero-order chi connectivity index (χ0) is 15.6. The predicted octanol–water partition coefficient (Wildman–Crippen LogP) is 1.26. The molecule has 0 amide bonds. The quantitative estimate of drug-likeness (QED) is 0.888. The molecular formula is C14H20N2O4S. The zero-order valence-corrected chi connectivity index (χ0v) is 13.0. The van der Waals surface area contributed by atoms with Gasteiger partial charge in [-0.3, -0.25) is 4.79 Å². The first-order valence-electron chi connectivity index (χ1n) is 7.01. The molecule has 0 spiro atoms. The Morgan fingerprint density at radius 2 is 1.95 bits per heavy atom. The molecule has 1 N–H and O–H groups in total. The number of rotatable bonds is 5. The number of hydrogen-bond acceptors (Lipinski definition) is 3. The van der Waals surface area contributed by atoms with E-state index in [-0.39, 0.29) is 6.54 Å². The van der Waals surface area contributed by atoms with Gasteiger partial charge in [0.15, 0.2) is 0 Å². The van der Waals surface area contributed by atoms with E-state index in [0.29, 0.717) is 25.1 Å². The van der Waals surface area contributed by atoms with Crippen LogP contribution in [-0.4, -0.2) is 47.7 Å². The van der Waals surface area contributed by atoms with Crippen molar-refractivity contribution in [3.63, 3.8) is 0 Å². The van der Waals surface area contributed by atoms with E-state index in [4.69, 9.17) is 0 Å². The molecule has 1 aliphatic heterocycles. The van der Waals surface area contributed by atoms with E-state index in [9.17, 15) is 18.3 Å². The minimum atomic E-state index is -3.78. The summed E-state index contributed by atoms with van der Waals surface area (Å²) in [6, 6.07) is 5.97. The summed E-state index contributed by atoms with van der Waals surface area (Å²) in [5.41, 5.74) is 1.46. The van der Waals surface area contributed by atoms with Crippen molar-refractivity contribution in [1.82, 2.24) is 8.61 Å². The number of carboxylic acid groups (broad SMARTS) is 1. The number of benzene rings is 1. The van der Waals surface area contributed by atoms with Gasteiger partial charge in [0.25, 0.3) is 10.2 Å². The smallest absolute Gasteiger partial charge is 0.326 e. The first-order chi connectivity index (χ1) is 9.93. The summed E-state index contributed by atoms with van der Waals surface area (Å²) in [7, 11) is -3.78. The second-order valence-electron chi connectivity index (χ2n) is 4.89. The van der Waals surface area contributed by atoms with Crippen molar-refractivity contribution < 1.29 is 18.3 Å². The molecule has 0 saturated heterocycles. The molecular weight excluding hydrogens is 292 g/mol. The van der Waals surface area contributed by atoms with Gasteiger partial charge in [-0.1, -0.05) is 38.1 Å². The third-order valence-corrected chi connectivity index (χ3v) is 5.96. The Hall–Kier alpha value is -1.44. The lowest BCUT2D eigenvalue weighted by Crippen LogP contribution is -2.50.